The highest BCUT2D eigenvalue weighted by Gasteiger charge is 2.21. The van der Waals surface area contributed by atoms with Crippen molar-refractivity contribution in [3.63, 3.8) is 0 Å². The first kappa shape index (κ1) is 20.4. The number of alkyl halides is 2. The molecule has 0 radical (unpaired) electrons. The lowest BCUT2D eigenvalue weighted by molar-refractivity contribution is -0.0498. The van der Waals surface area contributed by atoms with Crippen LogP contribution in [0.5, 0.6) is 5.75 Å². The first-order valence-electron chi connectivity index (χ1n) is 9.01. The van der Waals surface area contributed by atoms with Crippen LogP contribution in [-0.4, -0.2) is 33.2 Å². The van der Waals surface area contributed by atoms with Gasteiger partial charge < -0.3 is 20.9 Å². The number of aromatic nitrogens is 4. The quantitative estimate of drug-likeness (QED) is 0.481. The molecule has 4 rings (SSSR count). The second-order valence-corrected chi connectivity index (χ2v) is 6.50. The maximum Gasteiger partial charge on any atom is 0.387 e. The minimum atomic E-state index is -2.95. The van der Waals surface area contributed by atoms with Crippen LogP contribution in [0.1, 0.15) is 5.82 Å². The zero-order chi connectivity index (χ0) is 22.1. The Balaban J connectivity index is 1.96. The molecule has 0 unspecified atom stereocenters. The summed E-state index contributed by atoms with van der Waals surface area (Å²) in [5, 5.41) is 0. The highest BCUT2D eigenvalue weighted by Crippen LogP contribution is 2.35. The van der Waals surface area contributed by atoms with Crippen LogP contribution in [0.3, 0.4) is 0 Å². The van der Waals surface area contributed by atoms with Gasteiger partial charge >= 0.3 is 6.61 Å². The average Bonchev–Trinajstić information content (AvgIpc) is 3.05. The molecule has 0 aliphatic carbocycles. The number of nitrogens with two attached hydrogens (primary N) is 2. The third-order valence-electron chi connectivity index (χ3n) is 4.47. The number of ether oxygens (including phenoxy) is 2. The molecule has 8 nitrogen and oxygen atoms in total. The summed E-state index contributed by atoms with van der Waals surface area (Å²) in [4.78, 5) is 12.8. The standard InChI is InChI=1S/C20H17F3N6O2/c1-30-9-15-26-13-7-4-11(21)8-14(13)29(15)18-16(17(24)27-20(25)28-18)10-2-5-12(6-3-10)31-19(22)23/h2-8,19H,9H2,1H3,(H4,24,25,27,28). The van der Waals surface area contributed by atoms with Gasteiger partial charge in [0.15, 0.2) is 5.82 Å². The van der Waals surface area contributed by atoms with Gasteiger partial charge in [-0.3, -0.25) is 4.57 Å². The van der Waals surface area contributed by atoms with E-state index in [0.717, 1.165) is 0 Å². The van der Waals surface area contributed by atoms with Gasteiger partial charge in [-0.2, -0.15) is 18.7 Å². The maximum absolute atomic E-state index is 14.0. The Morgan fingerprint density at radius 3 is 2.45 bits per heavy atom. The monoisotopic (exact) mass is 430 g/mol. The van der Waals surface area contributed by atoms with Crippen LogP contribution in [0, 0.1) is 5.82 Å². The summed E-state index contributed by atoms with van der Waals surface area (Å²) in [6.07, 6.45) is 0. The molecule has 31 heavy (non-hydrogen) atoms. The molecule has 0 aliphatic rings. The summed E-state index contributed by atoms with van der Waals surface area (Å²) >= 11 is 0. The van der Waals surface area contributed by atoms with E-state index in [1.165, 1.54) is 49.6 Å². The molecule has 0 amide bonds. The highest BCUT2D eigenvalue weighted by molar-refractivity contribution is 5.85. The summed E-state index contributed by atoms with van der Waals surface area (Å²) in [6, 6.07) is 9.92. The third kappa shape index (κ3) is 3.94. The van der Waals surface area contributed by atoms with Crippen LogP contribution in [0.4, 0.5) is 24.9 Å². The number of imidazole rings is 1. The number of rotatable bonds is 6. The molecule has 4 N–H and O–H groups in total. The Morgan fingerprint density at radius 1 is 1.03 bits per heavy atom. The minimum Gasteiger partial charge on any atom is -0.435 e. The first-order valence-corrected chi connectivity index (χ1v) is 9.01. The van der Waals surface area contributed by atoms with Crippen molar-refractivity contribution in [2.75, 3.05) is 18.6 Å². The number of anilines is 2. The van der Waals surface area contributed by atoms with Crippen molar-refractivity contribution in [3.05, 3.63) is 54.1 Å². The van der Waals surface area contributed by atoms with Gasteiger partial charge in [0.05, 0.1) is 16.6 Å². The fourth-order valence-electron chi connectivity index (χ4n) is 3.29. The molecule has 0 aliphatic heterocycles. The lowest BCUT2D eigenvalue weighted by Crippen LogP contribution is -2.11. The van der Waals surface area contributed by atoms with E-state index in [9.17, 15) is 13.2 Å². The molecule has 2 aromatic carbocycles. The van der Waals surface area contributed by atoms with Gasteiger partial charge in [0.25, 0.3) is 0 Å². The van der Waals surface area contributed by atoms with Crippen LogP contribution in [-0.2, 0) is 11.3 Å². The van der Waals surface area contributed by atoms with Crippen molar-refractivity contribution < 1.29 is 22.6 Å². The minimum absolute atomic E-state index is 0.0227. The number of nitrogen functional groups attached to an aromatic ring is 2. The summed E-state index contributed by atoms with van der Waals surface area (Å²) in [7, 11) is 1.50. The molecule has 4 aromatic rings. The predicted molar refractivity (Wildman–Crippen MR) is 108 cm³/mol. The van der Waals surface area contributed by atoms with Crippen LogP contribution in [0.2, 0.25) is 0 Å². The highest BCUT2D eigenvalue weighted by atomic mass is 19.3. The Labute approximate surface area is 174 Å². The fourth-order valence-corrected chi connectivity index (χ4v) is 3.29. The number of nitrogens with zero attached hydrogens (tertiary/aromatic N) is 4. The topological polar surface area (TPSA) is 114 Å². The maximum atomic E-state index is 14.0. The Kier molecular flexibility index (Phi) is 5.34. The molecule has 0 saturated carbocycles. The van der Waals surface area contributed by atoms with Gasteiger partial charge in [0.2, 0.25) is 5.95 Å². The van der Waals surface area contributed by atoms with Gasteiger partial charge in [-0.25, -0.2) is 9.37 Å². The van der Waals surface area contributed by atoms with Crippen molar-refractivity contribution in [3.8, 4) is 22.7 Å². The molecule has 0 saturated heterocycles. The van der Waals surface area contributed by atoms with Crippen LogP contribution < -0.4 is 16.2 Å². The number of benzene rings is 2. The van der Waals surface area contributed by atoms with E-state index in [1.54, 1.807) is 4.57 Å². The molecule has 0 atom stereocenters. The molecule has 2 aromatic heterocycles. The molecular formula is C20H17F3N6O2. The largest absolute Gasteiger partial charge is 0.435 e. The molecule has 0 fully saturated rings. The van der Waals surface area contributed by atoms with Crippen LogP contribution in [0.25, 0.3) is 28.0 Å². The smallest absolute Gasteiger partial charge is 0.387 e. The van der Waals surface area contributed by atoms with Gasteiger partial charge in [-0.05, 0) is 29.8 Å². The zero-order valence-electron chi connectivity index (χ0n) is 16.2. The number of methoxy groups -OCH3 is 1. The summed E-state index contributed by atoms with van der Waals surface area (Å²) < 4.78 is 50.2. The molecular weight excluding hydrogens is 413 g/mol. The molecule has 160 valence electrons. The molecule has 0 bridgehead atoms. The van der Waals surface area contributed by atoms with Crippen LogP contribution >= 0.6 is 0 Å². The fraction of sp³-hybridized carbons (Fsp3) is 0.150. The van der Waals surface area contributed by atoms with Gasteiger partial charge in [0, 0.05) is 13.2 Å². The van der Waals surface area contributed by atoms with E-state index in [4.69, 9.17) is 16.2 Å². The van der Waals surface area contributed by atoms with Crippen molar-refractivity contribution in [2.45, 2.75) is 13.2 Å². The Bertz CT molecular complexity index is 1240. The average molecular weight is 430 g/mol. The van der Waals surface area contributed by atoms with E-state index in [0.29, 0.717) is 28.0 Å². The van der Waals surface area contributed by atoms with E-state index >= 15 is 0 Å². The van der Waals surface area contributed by atoms with E-state index in [-0.39, 0.29) is 29.9 Å². The summed E-state index contributed by atoms with van der Waals surface area (Å²) in [6.45, 7) is -2.85. The van der Waals surface area contributed by atoms with Crippen LogP contribution in [0.15, 0.2) is 42.5 Å². The summed E-state index contributed by atoms with van der Waals surface area (Å²) in [5.74, 6) is 0.127. The van der Waals surface area contributed by atoms with Crippen molar-refractivity contribution >= 4 is 22.8 Å². The van der Waals surface area contributed by atoms with Crippen molar-refractivity contribution in [1.82, 2.24) is 19.5 Å². The second kappa shape index (κ2) is 8.11. The van der Waals surface area contributed by atoms with Crippen molar-refractivity contribution in [1.29, 1.82) is 0 Å². The lowest BCUT2D eigenvalue weighted by atomic mass is 10.1. The second-order valence-electron chi connectivity index (χ2n) is 6.50. The van der Waals surface area contributed by atoms with Gasteiger partial charge in [-0.15, -0.1) is 0 Å². The number of halogens is 3. The number of hydrogen-bond acceptors (Lipinski definition) is 7. The normalized spacial score (nSPS) is 11.4. The number of fused-ring (bicyclic) bond motifs is 1. The van der Waals surface area contributed by atoms with Gasteiger partial charge in [0.1, 0.15) is 29.8 Å². The first-order chi connectivity index (χ1) is 14.9. The molecule has 11 heteroatoms. The van der Waals surface area contributed by atoms with Gasteiger partial charge in [-0.1, -0.05) is 12.1 Å². The van der Waals surface area contributed by atoms with E-state index < -0.39 is 12.4 Å². The Hall–Kier alpha value is -3.86. The SMILES string of the molecule is COCc1nc2ccc(F)cc2n1-c1nc(N)nc(N)c1-c1ccc(OC(F)F)cc1. The molecule has 2 heterocycles. The third-order valence-corrected chi connectivity index (χ3v) is 4.47. The van der Waals surface area contributed by atoms with Crippen molar-refractivity contribution in [2.24, 2.45) is 0 Å². The Morgan fingerprint density at radius 2 is 1.77 bits per heavy atom. The van der Waals surface area contributed by atoms with E-state index in [1.807, 2.05) is 0 Å². The van der Waals surface area contributed by atoms with E-state index in [2.05, 4.69) is 19.7 Å². The lowest BCUT2D eigenvalue weighted by Gasteiger charge is -2.16. The zero-order valence-corrected chi connectivity index (χ0v) is 16.2. The number of hydrogen-bond donors (Lipinski definition) is 2. The predicted octanol–water partition coefficient (Wildman–Crippen LogP) is 3.53. The summed E-state index contributed by atoms with van der Waals surface area (Å²) in [5.41, 5.74) is 13.8. The molecule has 0 spiro atoms.